The van der Waals surface area contributed by atoms with Crippen molar-refractivity contribution < 1.29 is 9.90 Å². The number of hydrogen-bond donors (Lipinski definition) is 3. The third-order valence-corrected chi connectivity index (χ3v) is 4.12. The molecule has 1 aromatic carbocycles. The topological polar surface area (TPSA) is 90.9 Å². The van der Waals surface area contributed by atoms with Gasteiger partial charge < -0.3 is 15.4 Å². The summed E-state index contributed by atoms with van der Waals surface area (Å²) in [6.07, 6.45) is 6.84. The second-order valence-corrected chi connectivity index (χ2v) is 5.93. The molecule has 4 rings (SSSR count). The number of anilines is 2. The van der Waals surface area contributed by atoms with Crippen molar-refractivity contribution in [1.82, 2.24) is 15.0 Å². The Hall–Kier alpha value is -3.93. The van der Waals surface area contributed by atoms with Crippen LogP contribution in [-0.2, 0) is 4.79 Å². The van der Waals surface area contributed by atoms with Crippen molar-refractivity contribution >= 4 is 40.2 Å². The molecule has 4 aromatic rings. The second-order valence-electron chi connectivity index (χ2n) is 5.93. The van der Waals surface area contributed by atoms with Gasteiger partial charge in [-0.05, 0) is 35.9 Å². The molecule has 0 radical (unpaired) electrons. The van der Waals surface area contributed by atoms with E-state index in [9.17, 15) is 9.90 Å². The van der Waals surface area contributed by atoms with Gasteiger partial charge >= 0.3 is 5.97 Å². The molecular formula is C21H16N4O2. The molecule has 0 unspecified atom stereocenters. The van der Waals surface area contributed by atoms with Crippen LogP contribution in [0.2, 0.25) is 0 Å². The molecule has 27 heavy (non-hydrogen) atoms. The first-order valence-corrected chi connectivity index (χ1v) is 8.36. The van der Waals surface area contributed by atoms with Gasteiger partial charge in [0.2, 0.25) is 0 Å². The summed E-state index contributed by atoms with van der Waals surface area (Å²) in [6, 6.07) is 16.6. The van der Waals surface area contributed by atoms with Gasteiger partial charge in [-0.3, -0.25) is 4.98 Å². The molecule has 3 N–H and O–H groups in total. The molecule has 0 aliphatic heterocycles. The van der Waals surface area contributed by atoms with E-state index in [0.717, 1.165) is 16.6 Å². The maximum Gasteiger partial charge on any atom is 0.336 e. The zero-order valence-corrected chi connectivity index (χ0v) is 14.3. The van der Waals surface area contributed by atoms with Crippen LogP contribution in [0.25, 0.3) is 22.7 Å². The summed E-state index contributed by atoms with van der Waals surface area (Å²) < 4.78 is 0. The first-order chi connectivity index (χ1) is 13.2. The van der Waals surface area contributed by atoms with Gasteiger partial charge in [0, 0.05) is 23.3 Å². The van der Waals surface area contributed by atoms with E-state index in [4.69, 9.17) is 0 Å². The van der Waals surface area contributed by atoms with Crippen LogP contribution in [0.15, 0.2) is 73.2 Å². The third-order valence-electron chi connectivity index (χ3n) is 4.12. The van der Waals surface area contributed by atoms with Crippen LogP contribution in [0.4, 0.5) is 11.5 Å². The number of rotatable bonds is 5. The minimum absolute atomic E-state index is 0.231. The lowest BCUT2D eigenvalue weighted by Gasteiger charge is -2.05. The molecule has 0 aliphatic rings. The summed E-state index contributed by atoms with van der Waals surface area (Å²) >= 11 is 0. The lowest BCUT2D eigenvalue weighted by molar-refractivity contribution is -0.130. The number of hydrogen-bond acceptors (Lipinski definition) is 4. The second kappa shape index (κ2) is 7.13. The largest absolute Gasteiger partial charge is 0.478 e. The van der Waals surface area contributed by atoms with Gasteiger partial charge in [0.25, 0.3) is 0 Å². The normalized spacial score (nSPS) is 11.5. The predicted molar refractivity (Wildman–Crippen MR) is 106 cm³/mol. The van der Waals surface area contributed by atoms with E-state index >= 15 is 0 Å². The van der Waals surface area contributed by atoms with Crippen LogP contribution >= 0.6 is 0 Å². The number of carboxylic acid groups (broad SMARTS) is 1. The van der Waals surface area contributed by atoms with Crippen LogP contribution in [0.1, 0.15) is 11.1 Å². The molecule has 0 saturated carbocycles. The van der Waals surface area contributed by atoms with Gasteiger partial charge in [-0.2, -0.15) is 0 Å². The number of H-pyrrole nitrogens is 1. The van der Waals surface area contributed by atoms with E-state index in [2.05, 4.69) is 20.3 Å². The zero-order valence-electron chi connectivity index (χ0n) is 14.3. The van der Waals surface area contributed by atoms with Crippen molar-refractivity contribution in [2.75, 3.05) is 5.32 Å². The number of carbonyl (C=O) groups is 1. The van der Waals surface area contributed by atoms with Crippen molar-refractivity contribution in [2.45, 2.75) is 0 Å². The molecule has 3 aromatic heterocycles. The first-order valence-electron chi connectivity index (χ1n) is 8.36. The molecule has 0 bridgehead atoms. The van der Waals surface area contributed by atoms with Gasteiger partial charge in [-0.25, -0.2) is 9.78 Å². The maximum absolute atomic E-state index is 11.7. The molecule has 132 valence electrons. The van der Waals surface area contributed by atoms with Crippen LogP contribution < -0.4 is 5.32 Å². The molecule has 3 heterocycles. The monoisotopic (exact) mass is 356 g/mol. The summed E-state index contributed by atoms with van der Waals surface area (Å²) in [5.74, 6) is -0.298. The Balaban J connectivity index is 1.70. The van der Waals surface area contributed by atoms with Crippen molar-refractivity contribution in [1.29, 1.82) is 0 Å². The van der Waals surface area contributed by atoms with Crippen molar-refractivity contribution in [3.63, 3.8) is 0 Å². The minimum atomic E-state index is -0.974. The molecule has 0 spiro atoms. The number of nitrogens with one attached hydrogen (secondary N) is 2. The Kier molecular flexibility index (Phi) is 4.37. The zero-order chi connectivity index (χ0) is 18.6. The average molecular weight is 356 g/mol. The number of fused-ring (bicyclic) bond motifs is 1. The van der Waals surface area contributed by atoms with Crippen LogP contribution in [0, 0.1) is 0 Å². The molecule has 0 saturated heterocycles. The van der Waals surface area contributed by atoms with E-state index in [-0.39, 0.29) is 5.57 Å². The molecule has 6 nitrogen and oxygen atoms in total. The van der Waals surface area contributed by atoms with Crippen molar-refractivity contribution in [3.8, 4) is 0 Å². The highest BCUT2D eigenvalue weighted by Crippen LogP contribution is 2.25. The summed E-state index contributed by atoms with van der Waals surface area (Å²) in [5, 5.41) is 13.6. The van der Waals surface area contributed by atoms with Gasteiger partial charge in [0.05, 0.1) is 17.5 Å². The number of aromatic nitrogens is 3. The first kappa shape index (κ1) is 16.5. The van der Waals surface area contributed by atoms with Gasteiger partial charge in [-0.15, -0.1) is 0 Å². The molecule has 0 aliphatic carbocycles. The fourth-order valence-electron chi connectivity index (χ4n) is 2.84. The van der Waals surface area contributed by atoms with E-state index in [1.165, 1.54) is 0 Å². The third kappa shape index (κ3) is 3.55. The number of benzene rings is 1. The number of nitrogens with zero attached hydrogens (tertiary/aromatic N) is 2. The van der Waals surface area contributed by atoms with Gasteiger partial charge in [0.15, 0.2) is 0 Å². The Morgan fingerprint density at radius 2 is 1.93 bits per heavy atom. The highest BCUT2D eigenvalue weighted by molar-refractivity contribution is 6.21. The minimum Gasteiger partial charge on any atom is -0.478 e. The highest BCUT2D eigenvalue weighted by atomic mass is 16.4. The maximum atomic E-state index is 11.7. The lowest BCUT2D eigenvalue weighted by Crippen LogP contribution is -1.99. The summed E-state index contributed by atoms with van der Waals surface area (Å²) in [5.41, 5.74) is 3.17. The standard InChI is InChI=1S/C21H16N4O2/c26-21(27)18(14-5-2-1-3-6-14)11-15-12-23-20-17(15)8-9-19(25-20)24-16-7-4-10-22-13-16/h1-13H,(H,26,27)(H2,23,24,25)/b18-11-. The van der Waals surface area contributed by atoms with Gasteiger partial charge in [0.1, 0.15) is 11.5 Å². The lowest BCUT2D eigenvalue weighted by atomic mass is 10.0. The molecular weight excluding hydrogens is 340 g/mol. The van der Waals surface area contributed by atoms with E-state index < -0.39 is 5.97 Å². The fourth-order valence-corrected chi connectivity index (χ4v) is 2.84. The van der Waals surface area contributed by atoms with Crippen LogP contribution in [0.3, 0.4) is 0 Å². The van der Waals surface area contributed by atoms with E-state index in [1.807, 2.05) is 42.5 Å². The summed E-state index contributed by atoms with van der Waals surface area (Å²) in [4.78, 5) is 23.4. The fraction of sp³-hybridized carbons (Fsp3) is 0. The Bertz CT molecular complexity index is 1120. The molecule has 6 heteroatoms. The summed E-state index contributed by atoms with van der Waals surface area (Å²) in [7, 11) is 0. The summed E-state index contributed by atoms with van der Waals surface area (Å²) in [6.45, 7) is 0. The van der Waals surface area contributed by atoms with Crippen molar-refractivity contribution in [2.24, 2.45) is 0 Å². The number of aliphatic carboxylic acids is 1. The Labute approximate surface area is 155 Å². The van der Waals surface area contributed by atoms with Crippen LogP contribution in [0.5, 0.6) is 0 Å². The van der Waals surface area contributed by atoms with E-state index in [1.54, 1.807) is 36.8 Å². The molecule has 0 amide bonds. The number of aromatic amines is 1. The van der Waals surface area contributed by atoms with Gasteiger partial charge in [-0.1, -0.05) is 30.3 Å². The van der Waals surface area contributed by atoms with Crippen LogP contribution in [-0.4, -0.2) is 26.0 Å². The highest BCUT2D eigenvalue weighted by Gasteiger charge is 2.12. The predicted octanol–water partition coefficient (Wildman–Crippen LogP) is 4.33. The Morgan fingerprint density at radius 1 is 1.07 bits per heavy atom. The van der Waals surface area contributed by atoms with E-state index in [0.29, 0.717) is 17.0 Å². The average Bonchev–Trinajstić information content (AvgIpc) is 3.09. The molecule has 0 atom stereocenters. The molecule has 0 fully saturated rings. The number of carboxylic acids is 1. The smallest absolute Gasteiger partial charge is 0.336 e. The number of pyridine rings is 2. The Morgan fingerprint density at radius 3 is 2.67 bits per heavy atom. The SMILES string of the molecule is O=C(O)/C(=C\c1c[nH]c2nc(Nc3cccnc3)ccc12)c1ccccc1. The quantitative estimate of drug-likeness (QED) is 0.463. The van der Waals surface area contributed by atoms with Crippen molar-refractivity contribution in [3.05, 3.63) is 84.3 Å².